The number of amides is 2. The maximum absolute atomic E-state index is 12.2. The lowest BCUT2D eigenvalue weighted by Crippen LogP contribution is -2.28. The quantitative estimate of drug-likeness (QED) is 0.860. The van der Waals surface area contributed by atoms with Gasteiger partial charge in [0.05, 0.1) is 17.5 Å². The fourth-order valence-corrected chi connectivity index (χ4v) is 3.12. The molecule has 0 atom stereocenters. The van der Waals surface area contributed by atoms with E-state index in [0.717, 1.165) is 9.87 Å². The van der Waals surface area contributed by atoms with Gasteiger partial charge in [-0.2, -0.15) is 0 Å². The maximum atomic E-state index is 12.2. The molecule has 2 rings (SSSR count). The maximum Gasteiger partial charge on any atom is 0.319 e. The normalized spacial score (nSPS) is 11.5. The fourth-order valence-electron chi connectivity index (χ4n) is 1.73. The van der Waals surface area contributed by atoms with Gasteiger partial charge in [0, 0.05) is 31.9 Å². The molecule has 0 unspecified atom stereocenters. The van der Waals surface area contributed by atoms with Crippen molar-refractivity contribution in [2.24, 2.45) is 0 Å². The summed E-state index contributed by atoms with van der Waals surface area (Å²) in [7, 11) is -0.884. The summed E-state index contributed by atoms with van der Waals surface area (Å²) in [4.78, 5) is 11.8. The highest BCUT2D eigenvalue weighted by Gasteiger charge is 2.21. The Bertz CT molecular complexity index is 788. The summed E-state index contributed by atoms with van der Waals surface area (Å²) < 4.78 is 30.3. The molecular formula is C14H16ClN3O4S. The van der Waals surface area contributed by atoms with Crippen LogP contribution in [-0.2, 0) is 16.6 Å². The van der Waals surface area contributed by atoms with Crippen LogP contribution in [0.3, 0.4) is 0 Å². The topological polar surface area (TPSA) is 91.7 Å². The number of hydrogen-bond acceptors (Lipinski definition) is 4. The Kier molecular flexibility index (Phi) is 5.30. The molecule has 23 heavy (non-hydrogen) atoms. The molecule has 1 aromatic heterocycles. The predicted molar refractivity (Wildman–Crippen MR) is 86.9 cm³/mol. The molecule has 1 heterocycles. The lowest BCUT2D eigenvalue weighted by molar-refractivity contribution is 0.251. The van der Waals surface area contributed by atoms with Crippen LogP contribution < -0.4 is 10.6 Å². The zero-order valence-electron chi connectivity index (χ0n) is 12.5. The third-order valence-corrected chi connectivity index (χ3v) is 5.28. The summed E-state index contributed by atoms with van der Waals surface area (Å²) in [5.41, 5.74) is 1.13. The van der Waals surface area contributed by atoms with E-state index in [1.165, 1.54) is 44.8 Å². The number of anilines is 1. The van der Waals surface area contributed by atoms with Crippen LogP contribution in [0.4, 0.5) is 10.5 Å². The number of nitrogens with one attached hydrogen (secondary N) is 2. The minimum Gasteiger partial charge on any atom is -0.472 e. The highest BCUT2D eigenvalue weighted by atomic mass is 35.5. The first-order valence-electron chi connectivity index (χ1n) is 6.58. The van der Waals surface area contributed by atoms with Gasteiger partial charge >= 0.3 is 6.03 Å². The Balaban J connectivity index is 2.10. The van der Waals surface area contributed by atoms with Gasteiger partial charge in [0.2, 0.25) is 10.0 Å². The van der Waals surface area contributed by atoms with Gasteiger partial charge in [-0.15, -0.1) is 0 Å². The van der Waals surface area contributed by atoms with Crippen molar-refractivity contribution in [1.82, 2.24) is 9.62 Å². The number of benzene rings is 1. The van der Waals surface area contributed by atoms with Gasteiger partial charge in [-0.05, 0) is 24.3 Å². The molecule has 0 aliphatic heterocycles. The fraction of sp³-hybridized carbons (Fsp3) is 0.214. The van der Waals surface area contributed by atoms with Crippen molar-refractivity contribution in [3.8, 4) is 0 Å². The number of nitrogens with zero attached hydrogens (tertiary/aromatic N) is 1. The summed E-state index contributed by atoms with van der Waals surface area (Å²) in [5.74, 6) is 0. The average molecular weight is 358 g/mol. The molecule has 2 amide bonds. The van der Waals surface area contributed by atoms with Gasteiger partial charge in [-0.1, -0.05) is 11.6 Å². The molecule has 2 aromatic rings. The van der Waals surface area contributed by atoms with E-state index >= 15 is 0 Å². The van der Waals surface area contributed by atoms with Crippen LogP contribution in [0, 0.1) is 0 Å². The third kappa shape index (κ3) is 4.25. The average Bonchev–Trinajstić information content (AvgIpc) is 3.00. The van der Waals surface area contributed by atoms with E-state index in [9.17, 15) is 13.2 Å². The number of rotatable bonds is 5. The van der Waals surface area contributed by atoms with Gasteiger partial charge < -0.3 is 15.1 Å². The first-order valence-corrected chi connectivity index (χ1v) is 8.40. The molecule has 0 bridgehead atoms. The number of sulfonamides is 1. The van der Waals surface area contributed by atoms with E-state index in [4.69, 9.17) is 16.0 Å². The SMILES string of the molecule is CN(C)S(=O)(=O)c1cc(NC(=O)NCc2ccoc2)ccc1Cl. The largest absolute Gasteiger partial charge is 0.472 e. The molecule has 124 valence electrons. The molecule has 0 fully saturated rings. The van der Waals surface area contributed by atoms with E-state index in [1.807, 2.05) is 0 Å². The number of urea groups is 1. The summed E-state index contributed by atoms with van der Waals surface area (Å²) >= 11 is 5.95. The van der Waals surface area contributed by atoms with Crippen LogP contribution in [0.25, 0.3) is 0 Å². The summed E-state index contributed by atoms with van der Waals surface area (Å²) in [6, 6.07) is 5.51. The van der Waals surface area contributed by atoms with Gasteiger partial charge in [-0.3, -0.25) is 0 Å². The summed E-state index contributed by atoms with van der Waals surface area (Å²) in [5, 5.41) is 5.27. The van der Waals surface area contributed by atoms with Crippen LogP contribution >= 0.6 is 11.6 Å². The molecule has 0 aliphatic carbocycles. The molecule has 0 spiro atoms. The van der Waals surface area contributed by atoms with Crippen molar-refractivity contribution in [2.75, 3.05) is 19.4 Å². The first-order chi connectivity index (χ1) is 10.8. The van der Waals surface area contributed by atoms with Crippen LogP contribution in [-0.4, -0.2) is 32.8 Å². The second kappa shape index (κ2) is 7.03. The van der Waals surface area contributed by atoms with Gasteiger partial charge in [0.15, 0.2) is 0 Å². The minimum absolute atomic E-state index is 0.0724. The van der Waals surface area contributed by atoms with Gasteiger partial charge in [0.25, 0.3) is 0 Å². The smallest absolute Gasteiger partial charge is 0.319 e. The zero-order valence-corrected chi connectivity index (χ0v) is 14.1. The Hall–Kier alpha value is -2.03. The van der Waals surface area contributed by atoms with Crippen molar-refractivity contribution in [3.63, 3.8) is 0 Å². The monoisotopic (exact) mass is 357 g/mol. The molecule has 9 heteroatoms. The Morgan fingerprint density at radius 3 is 2.65 bits per heavy atom. The summed E-state index contributed by atoms with van der Waals surface area (Å²) in [6.07, 6.45) is 3.02. The number of carbonyl (C=O) groups excluding carboxylic acids is 1. The van der Waals surface area contributed by atoms with Crippen molar-refractivity contribution < 1.29 is 17.6 Å². The molecular weight excluding hydrogens is 342 g/mol. The standard InChI is InChI=1S/C14H16ClN3O4S/c1-18(2)23(20,21)13-7-11(3-4-12(13)15)17-14(19)16-8-10-5-6-22-9-10/h3-7,9H,8H2,1-2H3,(H2,16,17,19). The number of furan rings is 1. The number of hydrogen-bond donors (Lipinski definition) is 2. The summed E-state index contributed by atoms with van der Waals surface area (Å²) in [6.45, 7) is 0.290. The number of halogens is 1. The Morgan fingerprint density at radius 1 is 1.30 bits per heavy atom. The molecule has 2 N–H and O–H groups in total. The highest BCUT2D eigenvalue weighted by molar-refractivity contribution is 7.89. The number of carbonyl (C=O) groups is 1. The molecule has 0 radical (unpaired) electrons. The van der Waals surface area contributed by atoms with Crippen LogP contribution in [0.1, 0.15) is 5.56 Å². The van der Waals surface area contributed by atoms with Gasteiger partial charge in [-0.25, -0.2) is 17.5 Å². The van der Waals surface area contributed by atoms with E-state index in [2.05, 4.69) is 10.6 Å². The van der Waals surface area contributed by atoms with Gasteiger partial charge in [0.1, 0.15) is 4.90 Å². The second-order valence-electron chi connectivity index (χ2n) is 4.87. The Morgan fingerprint density at radius 2 is 2.04 bits per heavy atom. The first kappa shape index (κ1) is 17.3. The minimum atomic E-state index is -3.70. The molecule has 1 aromatic carbocycles. The van der Waals surface area contributed by atoms with E-state index in [1.54, 1.807) is 6.07 Å². The lowest BCUT2D eigenvalue weighted by Gasteiger charge is -2.14. The van der Waals surface area contributed by atoms with Crippen LogP contribution in [0.15, 0.2) is 46.1 Å². The predicted octanol–water partition coefficient (Wildman–Crippen LogP) is 2.51. The van der Waals surface area contributed by atoms with Crippen molar-refractivity contribution in [1.29, 1.82) is 0 Å². The van der Waals surface area contributed by atoms with Crippen LogP contribution in [0.5, 0.6) is 0 Å². The third-order valence-electron chi connectivity index (χ3n) is 2.98. The van der Waals surface area contributed by atoms with Crippen molar-refractivity contribution in [2.45, 2.75) is 11.4 Å². The molecule has 0 saturated carbocycles. The van der Waals surface area contributed by atoms with E-state index < -0.39 is 16.1 Å². The molecule has 0 aliphatic rings. The van der Waals surface area contributed by atoms with Crippen LogP contribution in [0.2, 0.25) is 5.02 Å². The lowest BCUT2D eigenvalue weighted by atomic mass is 10.3. The Labute approximate surface area is 139 Å². The molecule has 0 saturated heterocycles. The van der Waals surface area contributed by atoms with Crippen molar-refractivity contribution in [3.05, 3.63) is 47.4 Å². The van der Waals surface area contributed by atoms with E-state index in [-0.39, 0.29) is 9.92 Å². The highest BCUT2D eigenvalue weighted by Crippen LogP contribution is 2.26. The zero-order chi connectivity index (χ0) is 17.0. The van der Waals surface area contributed by atoms with Crippen molar-refractivity contribution >= 4 is 33.3 Å². The molecule has 7 nitrogen and oxygen atoms in total. The van der Waals surface area contributed by atoms with E-state index in [0.29, 0.717) is 12.2 Å². The second-order valence-corrected chi connectivity index (χ2v) is 7.40.